The Morgan fingerprint density at radius 1 is 1.67 bits per heavy atom. The van der Waals surface area contributed by atoms with E-state index in [1.807, 2.05) is 27.9 Å². The summed E-state index contributed by atoms with van der Waals surface area (Å²) in [6.07, 6.45) is 5.66. The molecule has 0 aliphatic rings. The number of anilines is 1. The van der Waals surface area contributed by atoms with Crippen molar-refractivity contribution in [3.8, 4) is 0 Å². The van der Waals surface area contributed by atoms with Crippen LogP contribution in [0.1, 0.15) is 19.0 Å². The smallest absolute Gasteiger partial charge is 0.328 e. The fraction of sp³-hybridized carbons (Fsp3) is 0.333. The van der Waals surface area contributed by atoms with Gasteiger partial charge in [0.2, 0.25) is 0 Å². The zero-order valence-corrected chi connectivity index (χ0v) is 11.1. The number of rotatable bonds is 5. The molecule has 2 aromatic rings. The van der Waals surface area contributed by atoms with Crippen LogP contribution in [-0.2, 0) is 4.79 Å². The largest absolute Gasteiger partial charge is 0.478 e. The molecule has 6 heteroatoms. The second kappa shape index (κ2) is 5.22. The molecule has 96 valence electrons. The van der Waals surface area contributed by atoms with E-state index in [0.29, 0.717) is 0 Å². The predicted octanol–water partition coefficient (Wildman–Crippen LogP) is 2.34. The third-order valence-corrected chi connectivity index (χ3v) is 3.34. The predicted molar refractivity (Wildman–Crippen MR) is 73.3 cm³/mol. The van der Waals surface area contributed by atoms with E-state index in [4.69, 9.17) is 5.11 Å². The summed E-state index contributed by atoms with van der Waals surface area (Å²) in [6.45, 7) is 2.99. The van der Waals surface area contributed by atoms with Crippen LogP contribution in [0.5, 0.6) is 0 Å². The van der Waals surface area contributed by atoms with E-state index in [-0.39, 0.29) is 0 Å². The van der Waals surface area contributed by atoms with Crippen LogP contribution in [0.2, 0.25) is 0 Å². The van der Waals surface area contributed by atoms with Gasteiger partial charge < -0.3 is 10.0 Å². The number of carboxylic acids is 1. The van der Waals surface area contributed by atoms with E-state index < -0.39 is 5.97 Å². The quantitative estimate of drug-likeness (QED) is 0.843. The third-order valence-electron chi connectivity index (χ3n) is 2.58. The van der Waals surface area contributed by atoms with Gasteiger partial charge in [-0.1, -0.05) is 6.92 Å². The number of hydrogen-bond donors (Lipinski definition) is 1. The minimum Gasteiger partial charge on any atom is -0.478 e. The number of nitrogens with zero attached hydrogens (tertiary/aromatic N) is 3. The molecule has 2 aromatic heterocycles. The first kappa shape index (κ1) is 12.6. The average Bonchev–Trinajstić information content (AvgIpc) is 2.86. The zero-order chi connectivity index (χ0) is 13.1. The third kappa shape index (κ3) is 2.38. The highest BCUT2D eigenvalue weighted by atomic mass is 32.1. The van der Waals surface area contributed by atoms with Gasteiger partial charge in [0, 0.05) is 31.2 Å². The summed E-state index contributed by atoms with van der Waals surface area (Å²) in [7, 11) is 1.97. The van der Waals surface area contributed by atoms with Gasteiger partial charge in [-0.3, -0.25) is 4.40 Å². The second-order valence-electron chi connectivity index (χ2n) is 3.97. The molecule has 0 unspecified atom stereocenters. The molecule has 1 N–H and O–H groups in total. The topological polar surface area (TPSA) is 57.8 Å². The van der Waals surface area contributed by atoms with Crippen LogP contribution < -0.4 is 4.90 Å². The Morgan fingerprint density at radius 3 is 3.11 bits per heavy atom. The van der Waals surface area contributed by atoms with Crippen LogP contribution in [-0.4, -0.2) is 34.1 Å². The summed E-state index contributed by atoms with van der Waals surface area (Å²) < 4.78 is 1.91. The fourth-order valence-corrected chi connectivity index (χ4v) is 2.54. The van der Waals surface area contributed by atoms with Crippen molar-refractivity contribution in [1.82, 2.24) is 9.38 Å². The van der Waals surface area contributed by atoms with Crippen LogP contribution in [0, 0.1) is 0 Å². The van der Waals surface area contributed by atoms with Gasteiger partial charge >= 0.3 is 5.97 Å². The molecule has 2 rings (SSSR count). The normalized spacial score (nSPS) is 11.4. The zero-order valence-electron chi connectivity index (χ0n) is 10.3. The number of imidazole rings is 1. The molecule has 0 spiro atoms. The van der Waals surface area contributed by atoms with Gasteiger partial charge in [-0.2, -0.15) is 0 Å². The van der Waals surface area contributed by atoms with Gasteiger partial charge in [0.1, 0.15) is 0 Å². The second-order valence-corrected chi connectivity index (χ2v) is 4.84. The molecule has 2 heterocycles. The van der Waals surface area contributed by atoms with Crippen LogP contribution in [0.25, 0.3) is 11.0 Å². The SMILES string of the molecule is CCCN(C)c1nc2sccn2c1/C=C/C(=O)O. The molecule has 0 amide bonds. The molecule has 0 atom stereocenters. The highest BCUT2D eigenvalue weighted by Gasteiger charge is 2.14. The number of aromatic nitrogens is 2. The summed E-state index contributed by atoms with van der Waals surface area (Å²) in [4.78, 5) is 18.1. The van der Waals surface area contributed by atoms with Crippen molar-refractivity contribution in [3.63, 3.8) is 0 Å². The lowest BCUT2D eigenvalue weighted by atomic mass is 10.3. The number of aliphatic carboxylic acids is 1. The number of carboxylic acid groups (broad SMARTS) is 1. The monoisotopic (exact) mass is 265 g/mol. The highest BCUT2D eigenvalue weighted by molar-refractivity contribution is 7.15. The first-order chi connectivity index (χ1) is 8.63. The van der Waals surface area contributed by atoms with E-state index >= 15 is 0 Å². The van der Waals surface area contributed by atoms with Gasteiger partial charge in [-0.25, -0.2) is 9.78 Å². The van der Waals surface area contributed by atoms with Gasteiger partial charge in [0.25, 0.3) is 0 Å². The lowest BCUT2D eigenvalue weighted by Gasteiger charge is -2.16. The van der Waals surface area contributed by atoms with Crippen molar-refractivity contribution in [2.24, 2.45) is 0 Å². The van der Waals surface area contributed by atoms with Crippen LogP contribution in [0.15, 0.2) is 17.7 Å². The van der Waals surface area contributed by atoms with Crippen molar-refractivity contribution in [2.45, 2.75) is 13.3 Å². The molecule has 0 aliphatic heterocycles. The molecule has 0 bridgehead atoms. The maximum absolute atomic E-state index is 10.6. The summed E-state index contributed by atoms with van der Waals surface area (Å²) in [5.41, 5.74) is 0.810. The molecular weight excluding hydrogens is 250 g/mol. The number of thiazole rings is 1. The maximum Gasteiger partial charge on any atom is 0.328 e. The lowest BCUT2D eigenvalue weighted by molar-refractivity contribution is -0.131. The summed E-state index contributed by atoms with van der Waals surface area (Å²) in [5.74, 6) is -0.134. The Hall–Kier alpha value is -1.82. The van der Waals surface area contributed by atoms with Crippen LogP contribution >= 0.6 is 11.3 Å². The van der Waals surface area contributed by atoms with E-state index in [0.717, 1.165) is 35.5 Å². The van der Waals surface area contributed by atoms with Gasteiger partial charge in [0.05, 0.1) is 5.69 Å². The minimum atomic E-state index is -0.954. The molecule has 0 fully saturated rings. The van der Waals surface area contributed by atoms with Gasteiger partial charge in [0.15, 0.2) is 10.8 Å². The van der Waals surface area contributed by atoms with Gasteiger partial charge in [-0.15, -0.1) is 11.3 Å². The Morgan fingerprint density at radius 2 is 2.44 bits per heavy atom. The Labute approximate surface area is 109 Å². The van der Waals surface area contributed by atoms with E-state index in [9.17, 15) is 4.79 Å². The van der Waals surface area contributed by atoms with Crippen molar-refractivity contribution in [1.29, 1.82) is 0 Å². The van der Waals surface area contributed by atoms with Crippen LogP contribution in [0.3, 0.4) is 0 Å². The number of fused-ring (bicyclic) bond motifs is 1. The van der Waals surface area contributed by atoms with Crippen molar-refractivity contribution in [3.05, 3.63) is 23.3 Å². The van der Waals surface area contributed by atoms with Crippen LogP contribution in [0.4, 0.5) is 5.82 Å². The lowest BCUT2D eigenvalue weighted by Crippen LogP contribution is -2.19. The maximum atomic E-state index is 10.6. The summed E-state index contributed by atoms with van der Waals surface area (Å²) >= 11 is 1.54. The first-order valence-corrected chi connectivity index (χ1v) is 6.59. The molecule has 0 radical (unpaired) electrons. The fourth-order valence-electron chi connectivity index (χ4n) is 1.82. The Kier molecular flexibility index (Phi) is 3.66. The Balaban J connectivity index is 2.47. The van der Waals surface area contributed by atoms with Crippen molar-refractivity contribution >= 4 is 34.2 Å². The average molecular weight is 265 g/mol. The number of hydrogen-bond acceptors (Lipinski definition) is 4. The van der Waals surface area contributed by atoms with E-state index in [2.05, 4.69) is 11.9 Å². The molecular formula is C12H15N3O2S. The molecule has 0 aliphatic carbocycles. The molecule has 18 heavy (non-hydrogen) atoms. The van der Waals surface area contributed by atoms with Crippen molar-refractivity contribution < 1.29 is 9.90 Å². The first-order valence-electron chi connectivity index (χ1n) is 5.71. The number of carbonyl (C=O) groups is 1. The molecule has 0 saturated heterocycles. The highest BCUT2D eigenvalue weighted by Crippen LogP contribution is 2.25. The molecule has 5 nitrogen and oxygen atoms in total. The van der Waals surface area contributed by atoms with E-state index in [1.165, 1.54) is 11.3 Å². The summed E-state index contributed by atoms with van der Waals surface area (Å²) in [6, 6.07) is 0. The van der Waals surface area contributed by atoms with Crippen molar-refractivity contribution in [2.75, 3.05) is 18.5 Å². The molecule has 0 aromatic carbocycles. The Bertz CT molecular complexity index is 585. The van der Waals surface area contributed by atoms with E-state index in [1.54, 1.807) is 6.08 Å². The minimum absolute atomic E-state index is 0.810. The standard InChI is InChI=1S/C12H15N3O2S/c1-3-6-14(2)11-9(4-5-10(16)17)15-7-8-18-12(15)13-11/h4-5,7-8H,3,6H2,1-2H3,(H,16,17)/b5-4+. The van der Waals surface area contributed by atoms with Gasteiger partial charge in [-0.05, 0) is 12.5 Å². The summed E-state index contributed by atoms with van der Waals surface area (Å²) in [5, 5.41) is 10.7. The molecule has 0 saturated carbocycles.